The molecule has 0 radical (unpaired) electrons. The van der Waals surface area contributed by atoms with Gasteiger partial charge in [0.2, 0.25) is 0 Å². The largest absolute Gasteiger partial charge is 0.346 e. The Morgan fingerprint density at radius 1 is 1.06 bits per heavy atom. The summed E-state index contributed by atoms with van der Waals surface area (Å²) >= 11 is 0. The topological polar surface area (TPSA) is 76.0 Å². The lowest BCUT2D eigenvalue weighted by Crippen LogP contribution is -2.29. The molecule has 2 aromatic heterocycles. The van der Waals surface area contributed by atoms with E-state index in [-0.39, 0.29) is 5.91 Å². The Bertz CT molecular complexity index is 1420. The Kier molecular flexibility index (Phi) is 6.10. The van der Waals surface area contributed by atoms with Crippen molar-refractivity contribution in [1.82, 2.24) is 19.8 Å². The van der Waals surface area contributed by atoms with Crippen LogP contribution in [0.5, 0.6) is 0 Å². The van der Waals surface area contributed by atoms with Gasteiger partial charge in [-0.1, -0.05) is 24.3 Å². The highest BCUT2D eigenvalue weighted by Gasteiger charge is 2.21. The maximum absolute atomic E-state index is 12.2. The summed E-state index contributed by atoms with van der Waals surface area (Å²) in [6, 6.07) is 18.5. The molecule has 4 aromatic rings. The highest BCUT2D eigenvalue weighted by molar-refractivity contribution is 5.98. The number of piperidine rings is 1. The number of rotatable bonds is 4. The molecule has 6 nitrogen and oxygen atoms in total. The van der Waals surface area contributed by atoms with Crippen molar-refractivity contribution in [3.8, 4) is 28.3 Å². The number of hydrogen-bond acceptors (Lipinski definition) is 4. The normalized spacial score (nSPS) is 14.7. The third kappa shape index (κ3) is 4.43. The summed E-state index contributed by atoms with van der Waals surface area (Å²) in [4.78, 5) is 24.1. The first-order chi connectivity index (χ1) is 16.9. The maximum Gasteiger partial charge on any atom is 0.253 e. The van der Waals surface area contributed by atoms with Gasteiger partial charge in [-0.2, -0.15) is 5.26 Å². The van der Waals surface area contributed by atoms with E-state index in [0.29, 0.717) is 11.5 Å². The van der Waals surface area contributed by atoms with Crippen LogP contribution in [-0.2, 0) is 0 Å². The minimum absolute atomic E-state index is 0.0172. The van der Waals surface area contributed by atoms with Crippen molar-refractivity contribution in [3.63, 3.8) is 0 Å². The van der Waals surface area contributed by atoms with E-state index >= 15 is 0 Å². The van der Waals surface area contributed by atoms with Crippen molar-refractivity contribution >= 4 is 16.9 Å². The zero-order valence-corrected chi connectivity index (χ0v) is 20.4. The van der Waals surface area contributed by atoms with Gasteiger partial charge < -0.3 is 14.8 Å². The number of aromatic nitrogens is 2. The van der Waals surface area contributed by atoms with Gasteiger partial charge in [-0.05, 0) is 79.9 Å². The van der Waals surface area contributed by atoms with E-state index in [9.17, 15) is 10.1 Å². The molecule has 5 rings (SSSR count). The van der Waals surface area contributed by atoms with Crippen molar-refractivity contribution < 1.29 is 4.79 Å². The summed E-state index contributed by atoms with van der Waals surface area (Å²) in [5.74, 6) is 0.422. The third-order valence-electron chi connectivity index (χ3n) is 7.05. The van der Waals surface area contributed by atoms with Crippen LogP contribution in [0.15, 0.2) is 60.9 Å². The van der Waals surface area contributed by atoms with Gasteiger partial charge >= 0.3 is 0 Å². The molecule has 1 aliphatic rings. The second kappa shape index (κ2) is 9.36. The molecule has 1 aliphatic heterocycles. The highest BCUT2D eigenvalue weighted by atomic mass is 16.2. The Labute approximate surface area is 205 Å². The number of benzene rings is 2. The quantitative estimate of drug-likeness (QED) is 0.447. The Morgan fingerprint density at radius 3 is 2.46 bits per heavy atom. The first-order valence-corrected chi connectivity index (χ1v) is 12.0. The minimum atomic E-state index is -0.0172. The van der Waals surface area contributed by atoms with Crippen molar-refractivity contribution in [3.05, 3.63) is 77.6 Å². The number of nitriles is 1. The first kappa shape index (κ1) is 22.8. The van der Waals surface area contributed by atoms with Gasteiger partial charge in [0.15, 0.2) is 0 Å². The second-order valence-electron chi connectivity index (χ2n) is 9.59. The smallest absolute Gasteiger partial charge is 0.253 e. The van der Waals surface area contributed by atoms with Crippen LogP contribution < -0.4 is 0 Å². The lowest BCUT2D eigenvalue weighted by Gasteiger charge is -2.29. The predicted molar refractivity (Wildman–Crippen MR) is 139 cm³/mol. The van der Waals surface area contributed by atoms with E-state index in [1.165, 1.54) is 0 Å². The molecule has 2 aromatic carbocycles. The summed E-state index contributed by atoms with van der Waals surface area (Å²) in [6.45, 7) is 2.14. The van der Waals surface area contributed by atoms with Crippen LogP contribution >= 0.6 is 0 Å². The van der Waals surface area contributed by atoms with Crippen LogP contribution in [0.1, 0.15) is 40.2 Å². The predicted octanol–water partition coefficient (Wildman–Crippen LogP) is 5.28. The fraction of sp³-hybridized carbons (Fsp3) is 0.276. The van der Waals surface area contributed by atoms with E-state index in [4.69, 9.17) is 0 Å². The summed E-state index contributed by atoms with van der Waals surface area (Å²) < 4.78 is 0. The molecule has 0 atom stereocenters. The fourth-order valence-corrected chi connectivity index (χ4v) is 4.96. The van der Waals surface area contributed by atoms with E-state index in [1.807, 2.05) is 42.7 Å². The van der Waals surface area contributed by atoms with Crippen LogP contribution in [0.4, 0.5) is 0 Å². The Balaban J connectivity index is 1.48. The van der Waals surface area contributed by atoms with Gasteiger partial charge in [-0.3, -0.25) is 4.79 Å². The Morgan fingerprint density at radius 2 is 1.77 bits per heavy atom. The van der Waals surface area contributed by atoms with Crippen LogP contribution in [0.25, 0.3) is 33.3 Å². The van der Waals surface area contributed by atoms with Gasteiger partial charge in [-0.15, -0.1) is 0 Å². The number of pyridine rings is 1. The third-order valence-corrected chi connectivity index (χ3v) is 7.05. The molecule has 1 N–H and O–H groups in total. The highest BCUT2D eigenvalue weighted by Crippen LogP contribution is 2.34. The second-order valence-corrected chi connectivity index (χ2v) is 9.59. The molecule has 0 aliphatic carbocycles. The van der Waals surface area contributed by atoms with Gasteiger partial charge in [0.25, 0.3) is 5.91 Å². The molecular formula is C29H29N5O. The molecule has 35 heavy (non-hydrogen) atoms. The molecule has 0 unspecified atom stereocenters. The Hall–Kier alpha value is -3.95. The van der Waals surface area contributed by atoms with E-state index in [0.717, 1.165) is 70.3 Å². The van der Waals surface area contributed by atoms with Crippen molar-refractivity contribution in [2.75, 3.05) is 34.2 Å². The zero-order chi connectivity index (χ0) is 24.5. The summed E-state index contributed by atoms with van der Waals surface area (Å²) in [6.07, 6.45) is 5.98. The monoisotopic (exact) mass is 463 g/mol. The standard InChI is InChI=1S/C29H29N5O/c1-33(2)29(35)21-6-4-19(5-7-21)27-18-32-28-26(27)15-24(17-31-28)22-8-9-25(23(14-22)16-30)20-10-12-34(3)13-11-20/h4-9,14-15,17-18,20H,10-13H2,1-3H3,(H,31,32). The molecule has 0 spiro atoms. The molecule has 0 saturated carbocycles. The number of H-pyrrole nitrogens is 1. The molecule has 1 amide bonds. The average Bonchev–Trinajstić information content (AvgIpc) is 3.32. The average molecular weight is 464 g/mol. The van der Waals surface area contributed by atoms with E-state index < -0.39 is 0 Å². The van der Waals surface area contributed by atoms with Gasteiger partial charge in [0.05, 0.1) is 11.6 Å². The molecule has 1 saturated heterocycles. The van der Waals surface area contributed by atoms with Crippen molar-refractivity contribution in [2.45, 2.75) is 18.8 Å². The summed E-state index contributed by atoms with van der Waals surface area (Å²) in [5, 5.41) is 10.9. The van der Waals surface area contributed by atoms with Crippen molar-refractivity contribution in [1.29, 1.82) is 5.26 Å². The number of fused-ring (bicyclic) bond motifs is 1. The number of carbonyl (C=O) groups is 1. The fourth-order valence-electron chi connectivity index (χ4n) is 4.96. The van der Waals surface area contributed by atoms with Gasteiger partial charge in [0, 0.05) is 48.6 Å². The van der Waals surface area contributed by atoms with Crippen LogP contribution in [0.3, 0.4) is 0 Å². The number of amides is 1. The molecule has 6 heteroatoms. The van der Waals surface area contributed by atoms with Gasteiger partial charge in [-0.25, -0.2) is 4.98 Å². The van der Waals surface area contributed by atoms with Crippen LogP contribution in [-0.4, -0.2) is 59.9 Å². The number of nitrogens with one attached hydrogen (secondary N) is 1. The zero-order valence-electron chi connectivity index (χ0n) is 20.4. The number of likely N-dealkylation sites (tertiary alicyclic amines) is 1. The van der Waals surface area contributed by atoms with Crippen molar-refractivity contribution in [2.24, 2.45) is 0 Å². The lowest BCUT2D eigenvalue weighted by molar-refractivity contribution is 0.0827. The van der Waals surface area contributed by atoms with Crippen LogP contribution in [0, 0.1) is 11.3 Å². The summed E-state index contributed by atoms with van der Waals surface area (Å²) in [5.41, 5.74) is 7.39. The number of carbonyl (C=O) groups excluding carboxylic acids is 1. The van der Waals surface area contributed by atoms with E-state index in [1.54, 1.807) is 19.0 Å². The van der Waals surface area contributed by atoms with Gasteiger partial charge in [0.1, 0.15) is 5.65 Å². The number of hydrogen-bond donors (Lipinski definition) is 1. The minimum Gasteiger partial charge on any atom is -0.346 e. The molecule has 3 heterocycles. The maximum atomic E-state index is 12.2. The number of aromatic amines is 1. The number of nitrogens with zero attached hydrogens (tertiary/aromatic N) is 4. The molecule has 1 fully saturated rings. The lowest BCUT2D eigenvalue weighted by atomic mass is 9.85. The summed E-state index contributed by atoms with van der Waals surface area (Å²) in [7, 11) is 5.66. The molecule has 0 bridgehead atoms. The molecule has 176 valence electrons. The van der Waals surface area contributed by atoms with Crippen LogP contribution in [0.2, 0.25) is 0 Å². The first-order valence-electron chi connectivity index (χ1n) is 12.0. The molecular weight excluding hydrogens is 434 g/mol. The SMILES string of the molecule is CN1CCC(c2ccc(-c3cnc4[nH]cc(-c5ccc(C(=O)N(C)C)cc5)c4c3)cc2C#N)CC1. The van der Waals surface area contributed by atoms with E-state index in [2.05, 4.69) is 46.2 Å².